The van der Waals surface area contributed by atoms with Crippen molar-refractivity contribution in [2.24, 2.45) is 0 Å². The van der Waals surface area contributed by atoms with Crippen LogP contribution in [-0.2, 0) is 9.53 Å². The Balaban J connectivity index is 2.77. The van der Waals surface area contributed by atoms with Gasteiger partial charge in [0.1, 0.15) is 11.9 Å². The van der Waals surface area contributed by atoms with Crippen molar-refractivity contribution in [2.75, 3.05) is 11.9 Å². The van der Waals surface area contributed by atoms with Crippen LogP contribution < -0.4 is 5.32 Å². The summed E-state index contributed by atoms with van der Waals surface area (Å²) in [5.41, 5.74) is 1.44. The Bertz CT molecular complexity index is 400. The van der Waals surface area contributed by atoms with E-state index in [-0.39, 0.29) is 11.8 Å². The third kappa shape index (κ3) is 5.28. The number of aryl methyl sites for hydroxylation is 1. The third-order valence-electron chi connectivity index (χ3n) is 2.80. The van der Waals surface area contributed by atoms with E-state index in [4.69, 9.17) is 4.74 Å². The molecule has 0 saturated carbocycles. The molecule has 0 spiro atoms. The minimum Gasteiger partial charge on any atom is -0.464 e. The minimum absolute atomic E-state index is 0.280. The molecule has 1 N–H and O–H groups in total. The molecule has 0 saturated heterocycles. The Morgan fingerprint density at radius 2 is 2.11 bits per heavy atom. The van der Waals surface area contributed by atoms with Crippen LogP contribution in [0, 0.1) is 12.7 Å². The van der Waals surface area contributed by atoms with Gasteiger partial charge in [-0.05, 0) is 44.0 Å². The summed E-state index contributed by atoms with van der Waals surface area (Å²) in [5.74, 6) is -0.585. The van der Waals surface area contributed by atoms with Crippen molar-refractivity contribution >= 4 is 11.7 Å². The van der Waals surface area contributed by atoms with Gasteiger partial charge in [-0.2, -0.15) is 0 Å². The quantitative estimate of drug-likeness (QED) is 0.766. The van der Waals surface area contributed by atoms with Crippen LogP contribution in [0.2, 0.25) is 0 Å². The summed E-state index contributed by atoms with van der Waals surface area (Å²) < 4.78 is 18.4. The van der Waals surface area contributed by atoms with Gasteiger partial charge in [-0.25, -0.2) is 9.18 Å². The lowest BCUT2D eigenvalue weighted by Gasteiger charge is -2.18. The Hall–Kier alpha value is -1.58. The Morgan fingerprint density at radius 3 is 2.68 bits per heavy atom. The van der Waals surface area contributed by atoms with E-state index in [0.717, 1.165) is 18.4 Å². The molecule has 3 nitrogen and oxygen atoms in total. The van der Waals surface area contributed by atoms with Gasteiger partial charge in [-0.1, -0.05) is 19.8 Å². The first-order valence-corrected chi connectivity index (χ1v) is 6.77. The Labute approximate surface area is 114 Å². The molecule has 19 heavy (non-hydrogen) atoms. The summed E-state index contributed by atoms with van der Waals surface area (Å²) >= 11 is 0. The largest absolute Gasteiger partial charge is 0.464 e. The first-order valence-electron chi connectivity index (χ1n) is 6.77. The van der Waals surface area contributed by atoms with Crippen LogP contribution in [0.4, 0.5) is 10.1 Å². The number of carbonyl (C=O) groups excluding carboxylic acids is 1. The zero-order chi connectivity index (χ0) is 14.3. The van der Waals surface area contributed by atoms with Gasteiger partial charge in [0.25, 0.3) is 0 Å². The van der Waals surface area contributed by atoms with Crippen molar-refractivity contribution in [3.8, 4) is 0 Å². The lowest BCUT2D eigenvalue weighted by molar-refractivity contribution is -0.144. The van der Waals surface area contributed by atoms with Crippen molar-refractivity contribution in [1.29, 1.82) is 0 Å². The number of halogens is 1. The molecule has 1 unspecified atom stereocenters. The SMILES string of the molecule is CCCCC(Nc1cc(C)cc(F)c1)C(=O)OCC. The number of ether oxygens (including phenoxy) is 1. The van der Waals surface area contributed by atoms with Crippen LogP contribution in [-0.4, -0.2) is 18.6 Å². The van der Waals surface area contributed by atoms with Gasteiger partial charge < -0.3 is 10.1 Å². The number of carbonyl (C=O) groups is 1. The van der Waals surface area contributed by atoms with Gasteiger partial charge in [0.2, 0.25) is 0 Å². The molecule has 0 amide bonds. The fourth-order valence-corrected chi connectivity index (χ4v) is 1.92. The van der Waals surface area contributed by atoms with Crippen molar-refractivity contribution < 1.29 is 13.9 Å². The van der Waals surface area contributed by atoms with Crippen molar-refractivity contribution in [2.45, 2.75) is 46.1 Å². The molecule has 0 fully saturated rings. The van der Waals surface area contributed by atoms with E-state index in [2.05, 4.69) is 12.2 Å². The summed E-state index contributed by atoms with van der Waals surface area (Å²) in [4.78, 5) is 11.8. The number of hydrogen-bond donors (Lipinski definition) is 1. The summed E-state index contributed by atoms with van der Waals surface area (Å²) in [6, 6.07) is 4.25. The van der Waals surface area contributed by atoms with Gasteiger partial charge in [-0.3, -0.25) is 0 Å². The van der Waals surface area contributed by atoms with E-state index in [0.29, 0.717) is 18.7 Å². The lowest BCUT2D eigenvalue weighted by Crippen LogP contribution is -2.31. The maximum absolute atomic E-state index is 13.3. The zero-order valence-electron chi connectivity index (χ0n) is 11.8. The molecule has 0 aliphatic rings. The van der Waals surface area contributed by atoms with Crippen LogP contribution in [0.15, 0.2) is 18.2 Å². The predicted molar refractivity (Wildman–Crippen MR) is 74.7 cm³/mol. The summed E-state index contributed by atoms with van der Waals surface area (Å²) in [5, 5.41) is 3.07. The molecule has 0 aromatic heterocycles. The van der Waals surface area contributed by atoms with Gasteiger partial charge in [0, 0.05) is 5.69 Å². The molecule has 4 heteroatoms. The molecule has 0 bridgehead atoms. The monoisotopic (exact) mass is 267 g/mol. The van der Waals surface area contributed by atoms with E-state index in [1.165, 1.54) is 12.1 Å². The van der Waals surface area contributed by atoms with Crippen molar-refractivity contribution in [1.82, 2.24) is 0 Å². The van der Waals surface area contributed by atoms with Gasteiger partial charge in [0.15, 0.2) is 0 Å². The highest BCUT2D eigenvalue weighted by Gasteiger charge is 2.19. The second kappa shape index (κ2) is 7.77. The normalized spacial score (nSPS) is 12.0. The summed E-state index contributed by atoms with van der Waals surface area (Å²) in [7, 11) is 0. The summed E-state index contributed by atoms with van der Waals surface area (Å²) in [6.45, 7) is 6.01. The molecule has 106 valence electrons. The first kappa shape index (κ1) is 15.5. The fourth-order valence-electron chi connectivity index (χ4n) is 1.92. The van der Waals surface area contributed by atoms with E-state index in [1.807, 2.05) is 13.0 Å². The van der Waals surface area contributed by atoms with E-state index < -0.39 is 6.04 Å². The molecule has 0 aliphatic carbocycles. The molecular weight excluding hydrogens is 245 g/mol. The van der Waals surface area contributed by atoms with Gasteiger partial charge >= 0.3 is 5.97 Å². The van der Waals surface area contributed by atoms with Crippen molar-refractivity contribution in [3.63, 3.8) is 0 Å². The standard InChI is InChI=1S/C15H22FNO2/c1-4-6-7-14(15(18)19-5-2)17-13-9-11(3)8-12(16)10-13/h8-10,14,17H,4-7H2,1-3H3. The molecular formula is C15H22FNO2. The number of anilines is 1. The molecule has 0 aliphatic heterocycles. The molecule has 1 aromatic carbocycles. The maximum atomic E-state index is 13.3. The van der Waals surface area contributed by atoms with E-state index in [1.54, 1.807) is 6.92 Å². The summed E-state index contributed by atoms with van der Waals surface area (Å²) in [6.07, 6.45) is 2.61. The number of benzene rings is 1. The highest BCUT2D eigenvalue weighted by Crippen LogP contribution is 2.16. The number of rotatable bonds is 7. The average molecular weight is 267 g/mol. The lowest BCUT2D eigenvalue weighted by atomic mass is 10.1. The number of nitrogens with one attached hydrogen (secondary N) is 1. The second-order valence-electron chi connectivity index (χ2n) is 4.61. The zero-order valence-corrected chi connectivity index (χ0v) is 11.8. The van der Waals surface area contributed by atoms with E-state index >= 15 is 0 Å². The number of unbranched alkanes of at least 4 members (excludes halogenated alkanes) is 1. The fraction of sp³-hybridized carbons (Fsp3) is 0.533. The van der Waals surface area contributed by atoms with Crippen LogP contribution in [0.25, 0.3) is 0 Å². The van der Waals surface area contributed by atoms with E-state index in [9.17, 15) is 9.18 Å². The van der Waals surface area contributed by atoms with Crippen LogP contribution in [0.3, 0.4) is 0 Å². The molecule has 0 heterocycles. The predicted octanol–water partition coefficient (Wildman–Crippen LogP) is 3.67. The van der Waals surface area contributed by atoms with Crippen molar-refractivity contribution in [3.05, 3.63) is 29.6 Å². The highest BCUT2D eigenvalue weighted by atomic mass is 19.1. The van der Waals surface area contributed by atoms with Gasteiger partial charge in [0.05, 0.1) is 6.61 Å². The minimum atomic E-state index is -0.416. The smallest absolute Gasteiger partial charge is 0.328 e. The van der Waals surface area contributed by atoms with Gasteiger partial charge in [-0.15, -0.1) is 0 Å². The van der Waals surface area contributed by atoms with Crippen LogP contribution in [0.1, 0.15) is 38.7 Å². The number of esters is 1. The molecule has 1 rings (SSSR count). The molecule has 1 atom stereocenters. The Morgan fingerprint density at radius 1 is 1.37 bits per heavy atom. The topological polar surface area (TPSA) is 38.3 Å². The Kier molecular flexibility index (Phi) is 6.33. The first-order chi connectivity index (χ1) is 9.06. The second-order valence-corrected chi connectivity index (χ2v) is 4.61. The highest BCUT2D eigenvalue weighted by molar-refractivity contribution is 5.79. The van der Waals surface area contributed by atoms with Crippen LogP contribution in [0.5, 0.6) is 0 Å². The maximum Gasteiger partial charge on any atom is 0.328 e. The third-order valence-corrected chi connectivity index (χ3v) is 2.80. The average Bonchev–Trinajstić information content (AvgIpc) is 2.33. The van der Waals surface area contributed by atoms with Crippen LogP contribution >= 0.6 is 0 Å². The number of hydrogen-bond acceptors (Lipinski definition) is 3. The molecule has 0 radical (unpaired) electrons. The molecule has 1 aromatic rings.